The van der Waals surface area contributed by atoms with Gasteiger partial charge in [0.15, 0.2) is 6.29 Å². The number of allylic oxidation sites excluding steroid dienone is 5. The van der Waals surface area contributed by atoms with Crippen molar-refractivity contribution in [2.24, 2.45) is 0 Å². The topological polar surface area (TPSA) is 132 Å². The Kier molecular flexibility index (Phi) is 8.76. The lowest BCUT2D eigenvalue weighted by Crippen LogP contribution is -2.45. The molecule has 0 saturated carbocycles. The fraction of sp³-hybridized carbons (Fsp3) is 0.667. The van der Waals surface area contributed by atoms with Crippen molar-refractivity contribution in [3.8, 4) is 0 Å². The Labute approximate surface area is 206 Å². The van der Waals surface area contributed by atoms with E-state index >= 15 is 0 Å². The highest BCUT2D eigenvalue weighted by Crippen LogP contribution is 2.36. The van der Waals surface area contributed by atoms with Crippen LogP contribution in [0.15, 0.2) is 46.3 Å². The third-order valence-corrected chi connectivity index (χ3v) is 8.09. The summed E-state index contributed by atoms with van der Waals surface area (Å²) >= 11 is 1.72. The summed E-state index contributed by atoms with van der Waals surface area (Å²) in [5, 5.41) is 49.9. The average molecular weight is 494 g/mol. The largest absolute Gasteiger partial charge is 0.374 e. The van der Waals surface area contributed by atoms with Crippen LogP contribution in [-0.4, -0.2) is 74.7 Å². The molecule has 0 aromatic heterocycles. The second-order valence-electron chi connectivity index (χ2n) is 9.55. The molecule has 0 radical (unpaired) electrons. The monoisotopic (exact) mass is 493 g/mol. The highest BCUT2D eigenvalue weighted by atomic mass is 32.2. The molecule has 4 aliphatic rings. The maximum atomic E-state index is 11.1. The normalized spacial score (nSPS) is 29.1. The third kappa shape index (κ3) is 6.24. The van der Waals surface area contributed by atoms with E-state index in [1.54, 1.807) is 11.9 Å². The Hall–Kier alpha value is -1.37. The Bertz CT molecular complexity index is 858. The second kappa shape index (κ2) is 11.6. The van der Waals surface area contributed by atoms with Gasteiger partial charge in [-0.2, -0.15) is 0 Å². The first-order valence-electron chi connectivity index (χ1n) is 12.3. The minimum Gasteiger partial charge on any atom is -0.374 e. The zero-order valence-electron chi connectivity index (χ0n) is 20.0. The molecule has 190 valence electrons. The average Bonchev–Trinajstić information content (AvgIpc) is 3.44. The van der Waals surface area contributed by atoms with Crippen molar-refractivity contribution in [2.75, 3.05) is 13.1 Å². The molecule has 2 aliphatic heterocycles. The van der Waals surface area contributed by atoms with Crippen LogP contribution in [-0.2, 0) is 0 Å². The van der Waals surface area contributed by atoms with E-state index in [2.05, 4.69) is 57.6 Å². The molecule has 0 spiro atoms. The van der Waals surface area contributed by atoms with Crippen LogP contribution >= 0.6 is 11.9 Å². The van der Waals surface area contributed by atoms with Gasteiger partial charge >= 0.3 is 0 Å². The minimum atomic E-state index is -1.42. The number of nitrogens with zero attached hydrogens (tertiary/aromatic N) is 1. The van der Waals surface area contributed by atoms with Crippen molar-refractivity contribution in [1.82, 2.24) is 25.6 Å². The van der Waals surface area contributed by atoms with Gasteiger partial charge in [-0.1, -0.05) is 35.7 Å². The highest BCUT2D eigenvalue weighted by Gasteiger charge is 2.32. The molecule has 1 fully saturated rings. The van der Waals surface area contributed by atoms with E-state index in [1.165, 1.54) is 11.1 Å². The molecule has 0 aromatic carbocycles. The summed E-state index contributed by atoms with van der Waals surface area (Å²) in [6, 6.07) is 0.199. The highest BCUT2D eigenvalue weighted by molar-refractivity contribution is 7.98. The molecule has 2 aliphatic carbocycles. The summed E-state index contributed by atoms with van der Waals surface area (Å²) in [7, 11) is 0. The second-order valence-corrected chi connectivity index (χ2v) is 10.5. The summed E-state index contributed by atoms with van der Waals surface area (Å²) < 4.78 is 3.36. The molecule has 2 heterocycles. The summed E-state index contributed by atoms with van der Waals surface area (Å²) in [6.45, 7) is 5.47. The molecule has 5 unspecified atom stereocenters. The molecule has 0 amide bonds. The van der Waals surface area contributed by atoms with Crippen molar-refractivity contribution < 1.29 is 20.4 Å². The quantitative estimate of drug-likeness (QED) is 0.162. The number of hydrogen-bond donors (Lipinski definition) is 8. The van der Waals surface area contributed by atoms with Crippen LogP contribution in [0.5, 0.6) is 0 Å². The van der Waals surface area contributed by atoms with Crippen LogP contribution in [0.4, 0.5) is 0 Å². The van der Waals surface area contributed by atoms with Crippen LogP contribution in [0.2, 0.25) is 0 Å². The summed E-state index contributed by atoms with van der Waals surface area (Å²) in [6.07, 6.45) is 7.69. The summed E-state index contributed by atoms with van der Waals surface area (Å²) in [5.41, 5.74) is 5.80. The molecule has 34 heavy (non-hydrogen) atoms. The van der Waals surface area contributed by atoms with Gasteiger partial charge in [0.05, 0.1) is 11.5 Å². The number of aliphatic hydroxyl groups excluding tert-OH is 3. The molecule has 1 saturated heterocycles. The van der Waals surface area contributed by atoms with Gasteiger partial charge in [-0.05, 0) is 57.1 Å². The number of hydrogen-bond acceptors (Lipinski definition) is 10. The van der Waals surface area contributed by atoms with Crippen LogP contribution in [0.1, 0.15) is 52.4 Å². The minimum absolute atomic E-state index is 0.112. The van der Waals surface area contributed by atoms with Gasteiger partial charge in [0, 0.05) is 36.9 Å². The molecule has 10 heteroatoms. The maximum Gasteiger partial charge on any atom is 0.151 e. The van der Waals surface area contributed by atoms with Crippen LogP contribution < -0.4 is 20.7 Å². The lowest BCUT2D eigenvalue weighted by atomic mass is 9.93. The van der Waals surface area contributed by atoms with Gasteiger partial charge in [-0.25, -0.2) is 4.72 Å². The lowest BCUT2D eigenvalue weighted by Gasteiger charge is -2.33. The van der Waals surface area contributed by atoms with E-state index < -0.39 is 18.7 Å². The Morgan fingerprint density at radius 3 is 2.74 bits per heavy atom. The van der Waals surface area contributed by atoms with Crippen LogP contribution in [0.25, 0.3) is 0 Å². The molecular formula is C24H39N5O4S. The van der Waals surface area contributed by atoms with Gasteiger partial charge in [-0.15, -0.1) is 0 Å². The van der Waals surface area contributed by atoms with Gasteiger partial charge in [0.25, 0.3) is 0 Å². The molecule has 0 aromatic rings. The Morgan fingerprint density at radius 2 is 2.00 bits per heavy atom. The Morgan fingerprint density at radius 1 is 1.18 bits per heavy atom. The molecular weight excluding hydrogens is 454 g/mol. The summed E-state index contributed by atoms with van der Waals surface area (Å²) in [4.78, 5) is 2.08. The van der Waals surface area contributed by atoms with Crippen LogP contribution in [0, 0.1) is 0 Å². The predicted octanol–water partition coefficient (Wildman–Crippen LogP) is 0.689. The first-order valence-corrected chi connectivity index (χ1v) is 13.2. The van der Waals surface area contributed by atoms with E-state index in [0.717, 1.165) is 49.2 Å². The van der Waals surface area contributed by atoms with E-state index in [9.17, 15) is 10.2 Å². The zero-order valence-corrected chi connectivity index (χ0v) is 20.8. The SMILES string of the molecule is CC1=CC=C(C2NC(C)NS2)CC1NCC(O)N1CCC2=C1CCC=C2NC(O)CCC(O)O. The van der Waals surface area contributed by atoms with Crippen molar-refractivity contribution in [1.29, 1.82) is 0 Å². The fourth-order valence-corrected chi connectivity index (χ4v) is 6.04. The Balaban J connectivity index is 1.31. The van der Waals surface area contributed by atoms with Crippen molar-refractivity contribution in [3.63, 3.8) is 0 Å². The third-order valence-electron chi connectivity index (χ3n) is 6.93. The smallest absolute Gasteiger partial charge is 0.151 e. The standard InChI is InChI=1S/C24H39N5O4S/c1-14-6-7-16(24-26-15(2)28-34-24)12-19(14)25-13-22(31)29-11-10-17-18(4-3-5-20(17)29)27-21(30)8-9-23(32)33/h4,6-7,15,19,21-28,30-33H,3,5,8-13H2,1-2H3. The van der Waals surface area contributed by atoms with E-state index in [0.29, 0.717) is 12.7 Å². The molecule has 8 N–H and O–H groups in total. The zero-order chi connectivity index (χ0) is 24.2. The first kappa shape index (κ1) is 25.7. The van der Waals surface area contributed by atoms with E-state index in [4.69, 9.17) is 10.2 Å². The molecule has 9 nitrogen and oxygen atoms in total. The summed E-state index contributed by atoms with van der Waals surface area (Å²) in [5.74, 6) is 0. The number of rotatable bonds is 10. The number of nitrogens with one attached hydrogen (secondary N) is 4. The molecule has 4 rings (SSSR count). The molecule has 0 bridgehead atoms. The molecule has 5 atom stereocenters. The lowest BCUT2D eigenvalue weighted by molar-refractivity contribution is -0.0542. The van der Waals surface area contributed by atoms with Crippen molar-refractivity contribution in [3.05, 3.63) is 46.3 Å². The fourth-order valence-electron chi connectivity index (χ4n) is 5.03. The number of aliphatic hydroxyl groups is 4. The van der Waals surface area contributed by atoms with Crippen LogP contribution in [0.3, 0.4) is 0 Å². The van der Waals surface area contributed by atoms with E-state index in [-0.39, 0.29) is 24.3 Å². The van der Waals surface area contributed by atoms with Gasteiger partial charge in [-0.3, -0.25) is 5.32 Å². The predicted molar refractivity (Wildman–Crippen MR) is 134 cm³/mol. The van der Waals surface area contributed by atoms with Gasteiger partial charge < -0.3 is 36.0 Å². The van der Waals surface area contributed by atoms with Gasteiger partial charge in [0.1, 0.15) is 12.5 Å². The van der Waals surface area contributed by atoms with Crippen molar-refractivity contribution in [2.45, 2.75) is 88.7 Å². The van der Waals surface area contributed by atoms with Gasteiger partial charge in [0.2, 0.25) is 0 Å². The first-order chi connectivity index (χ1) is 16.3. The van der Waals surface area contributed by atoms with Crippen molar-refractivity contribution >= 4 is 11.9 Å². The maximum absolute atomic E-state index is 11.1. The van der Waals surface area contributed by atoms with E-state index in [1.807, 2.05) is 0 Å².